The van der Waals surface area contributed by atoms with Crippen molar-refractivity contribution in [3.05, 3.63) is 40.8 Å². The molecule has 0 aliphatic carbocycles. The number of amides is 1. The minimum atomic E-state index is -0.149. The number of unbranched alkanes of at least 4 members (excludes halogenated alkanes) is 2. The first-order valence-electron chi connectivity index (χ1n) is 8.50. The van der Waals surface area contributed by atoms with Crippen LogP contribution in [0.1, 0.15) is 49.9 Å². The fourth-order valence-corrected chi connectivity index (χ4v) is 2.73. The van der Waals surface area contributed by atoms with E-state index in [0.717, 1.165) is 44.2 Å². The number of nitrogens with zero attached hydrogens (tertiary/aromatic N) is 2. The lowest BCUT2D eigenvalue weighted by atomic mass is 10.0. The number of carbonyl (C=O) groups is 1. The number of benzene rings is 2. The summed E-state index contributed by atoms with van der Waals surface area (Å²) in [5.41, 5.74) is 0.609. The van der Waals surface area contributed by atoms with Crippen molar-refractivity contribution in [2.75, 3.05) is 13.1 Å². The van der Waals surface area contributed by atoms with Crippen LogP contribution < -0.4 is 0 Å². The number of hydrogen-bond acceptors (Lipinski definition) is 4. The summed E-state index contributed by atoms with van der Waals surface area (Å²) in [4.78, 5) is 25.6. The van der Waals surface area contributed by atoms with Gasteiger partial charge in [0.25, 0.3) is 5.91 Å². The number of hydrogen-bond donors (Lipinski definition) is 1. The molecule has 1 amide bonds. The van der Waals surface area contributed by atoms with Gasteiger partial charge in [0.2, 0.25) is 0 Å². The van der Waals surface area contributed by atoms with E-state index in [0.29, 0.717) is 10.9 Å². The zero-order valence-electron chi connectivity index (χ0n) is 14.3. The van der Waals surface area contributed by atoms with Crippen LogP contribution in [0, 0.1) is 4.91 Å². The van der Waals surface area contributed by atoms with Crippen LogP contribution in [0.25, 0.3) is 10.8 Å². The van der Waals surface area contributed by atoms with Gasteiger partial charge in [-0.1, -0.05) is 38.8 Å². The Morgan fingerprint density at radius 3 is 2.33 bits per heavy atom. The molecule has 5 nitrogen and oxygen atoms in total. The van der Waals surface area contributed by atoms with Crippen molar-refractivity contribution in [1.29, 1.82) is 0 Å². The highest BCUT2D eigenvalue weighted by molar-refractivity contribution is 6.02. The van der Waals surface area contributed by atoms with E-state index in [2.05, 4.69) is 19.0 Å². The maximum atomic E-state index is 12.8. The van der Waals surface area contributed by atoms with Gasteiger partial charge < -0.3 is 10.0 Å². The van der Waals surface area contributed by atoms with Crippen LogP contribution in [0.5, 0.6) is 5.75 Å². The van der Waals surface area contributed by atoms with Crippen LogP contribution in [0.3, 0.4) is 0 Å². The van der Waals surface area contributed by atoms with Crippen LogP contribution in [0.2, 0.25) is 0 Å². The Balaban J connectivity index is 2.33. The van der Waals surface area contributed by atoms with E-state index in [1.165, 1.54) is 6.07 Å². The van der Waals surface area contributed by atoms with Gasteiger partial charge in [0.05, 0.1) is 0 Å². The molecule has 2 aromatic rings. The molecule has 0 aromatic heterocycles. The minimum Gasteiger partial charge on any atom is -0.506 e. The van der Waals surface area contributed by atoms with Crippen LogP contribution in [0.4, 0.5) is 5.69 Å². The molecule has 0 saturated heterocycles. The van der Waals surface area contributed by atoms with Crippen molar-refractivity contribution in [2.45, 2.75) is 39.5 Å². The number of fused-ring (bicyclic) bond motifs is 1. The van der Waals surface area contributed by atoms with Crippen molar-refractivity contribution in [3.63, 3.8) is 0 Å². The first-order valence-corrected chi connectivity index (χ1v) is 8.50. The largest absolute Gasteiger partial charge is 0.506 e. The second-order valence-corrected chi connectivity index (χ2v) is 5.96. The van der Waals surface area contributed by atoms with Gasteiger partial charge in [0.1, 0.15) is 5.75 Å². The molecule has 0 atom stereocenters. The minimum absolute atomic E-state index is 0.00693. The lowest BCUT2D eigenvalue weighted by molar-refractivity contribution is 0.0751. The normalized spacial score (nSPS) is 10.8. The summed E-state index contributed by atoms with van der Waals surface area (Å²) in [6, 6.07) is 8.26. The van der Waals surface area contributed by atoms with Crippen LogP contribution >= 0.6 is 0 Å². The number of carbonyl (C=O) groups excluding carboxylic acids is 1. The third-order valence-electron chi connectivity index (χ3n) is 4.16. The van der Waals surface area contributed by atoms with Crippen LogP contribution in [-0.4, -0.2) is 29.0 Å². The number of phenolic OH excluding ortho intramolecular Hbond substituents is 1. The van der Waals surface area contributed by atoms with E-state index >= 15 is 0 Å². The van der Waals surface area contributed by atoms with Crippen LogP contribution in [-0.2, 0) is 0 Å². The molecular weight excluding hydrogens is 304 g/mol. The molecule has 0 saturated carbocycles. The van der Waals surface area contributed by atoms with Gasteiger partial charge in [-0.3, -0.25) is 4.79 Å². The third kappa shape index (κ3) is 3.91. The molecule has 0 bridgehead atoms. The molecule has 0 unspecified atom stereocenters. The number of nitroso groups, excluding NO2 is 1. The molecule has 2 rings (SSSR count). The lowest BCUT2D eigenvalue weighted by Gasteiger charge is -2.22. The summed E-state index contributed by atoms with van der Waals surface area (Å²) in [6.07, 6.45) is 4.05. The molecule has 5 heteroatoms. The molecule has 128 valence electrons. The Morgan fingerprint density at radius 1 is 1.08 bits per heavy atom. The molecule has 0 radical (unpaired) electrons. The van der Waals surface area contributed by atoms with Gasteiger partial charge in [0, 0.05) is 24.0 Å². The summed E-state index contributed by atoms with van der Waals surface area (Å²) in [5, 5.41) is 13.9. The number of phenols is 1. The van der Waals surface area contributed by atoms with Crippen molar-refractivity contribution in [1.82, 2.24) is 4.90 Å². The zero-order valence-corrected chi connectivity index (χ0v) is 14.3. The molecule has 0 heterocycles. The van der Waals surface area contributed by atoms with E-state index in [1.54, 1.807) is 24.3 Å². The highest BCUT2D eigenvalue weighted by Gasteiger charge is 2.16. The standard InChI is InChI=1S/C19H24N2O3/c1-3-5-11-21(12-6-4-2)19(23)15-7-9-16-14(13-15)8-10-17(22)18(16)20-24/h7-10,13,22H,3-6,11-12H2,1-2H3. The number of aromatic hydroxyl groups is 1. The Labute approximate surface area is 142 Å². The first kappa shape index (κ1) is 17.9. The summed E-state index contributed by atoms with van der Waals surface area (Å²) >= 11 is 0. The van der Waals surface area contributed by atoms with Gasteiger partial charge in [-0.15, -0.1) is 4.91 Å². The molecule has 2 aromatic carbocycles. The Hall–Kier alpha value is -2.43. The van der Waals surface area contributed by atoms with Gasteiger partial charge in [-0.2, -0.15) is 0 Å². The zero-order chi connectivity index (χ0) is 17.5. The van der Waals surface area contributed by atoms with E-state index in [-0.39, 0.29) is 17.3 Å². The summed E-state index contributed by atoms with van der Waals surface area (Å²) < 4.78 is 0. The van der Waals surface area contributed by atoms with Crippen molar-refractivity contribution < 1.29 is 9.90 Å². The van der Waals surface area contributed by atoms with Crippen LogP contribution in [0.15, 0.2) is 35.5 Å². The average Bonchev–Trinajstić information content (AvgIpc) is 2.61. The molecule has 0 aliphatic heterocycles. The topological polar surface area (TPSA) is 70.0 Å². The highest BCUT2D eigenvalue weighted by Crippen LogP contribution is 2.35. The van der Waals surface area contributed by atoms with Gasteiger partial charge in [-0.25, -0.2) is 0 Å². The quantitative estimate of drug-likeness (QED) is 0.694. The Bertz CT molecular complexity index is 720. The molecular formula is C19H24N2O3. The van der Waals surface area contributed by atoms with Crippen molar-refractivity contribution in [3.8, 4) is 5.75 Å². The Kier molecular flexibility index (Phi) is 6.29. The van der Waals surface area contributed by atoms with Gasteiger partial charge >= 0.3 is 0 Å². The first-order chi connectivity index (χ1) is 11.6. The lowest BCUT2D eigenvalue weighted by Crippen LogP contribution is -2.32. The maximum Gasteiger partial charge on any atom is 0.253 e. The fraction of sp³-hybridized carbons (Fsp3) is 0.421. The van der Waals surface area contributed by atoms with Crippen molar-refractivity contribution in [2.24, 2.45) is 5.18 Å². The predicted octanol–water partition coefficient (Wildman–Crippen LogP) is 4.99. The second-order valence-electron chi connectivity index (χ2n) is 5.96. The van der Waals surface area contributed by atoms with E-state index in [9.17, 15) is 14.8 Å². The molecule has 0 fully saturated rings. The summed E-state index contributed by atoms with van der Waals surface area (Å²) in [7, 11) is 0. The van der Waals surface area contributed by atoms with E-state index in [4.69, 9.17) is 0 Å². The smallest absolute Gasteiger partial charge is 0.253 e. The monoisotopic (exact) mass is 328 g/mol. The summed E-state index contributed by atoms with van der Waals surface area (Å²) in [5.74, 6) is -0.142. The third-order valence-corrected chi connectivity index (χ3v) is 4.16. The number of rotatable bonds is 8. The molecule has 0 aliphatic rings. The van der Waals surface area contributed by atoms with Crippen molar-refractivity contribution >= 4 is 22.4 Å². The maximum absolute atomic E-state index is 12.8. The molecule has 0 spiro atoms. The summed E-state index contributed by atoms with van der Waals surface area (Å²) in [6.45, 7) is 5.73. The van der Waals surface area contributed by atoms with E-state index in [1.807, 2.05) is 4.90 Å². The molecule has 24 heavy (non-hydrogen) atoms. The van der Waals surface area contributed by atoms with Gasteiger partial charge in [0.15, 0.2) is 5.69 Å². The SMILES string of the molecule is CCCCN(CCCC)C(=O)c1ccc2c(N=O)c(O)ccc2c1. The fourth-order valence-electron chi connectivity index (χ4n) is 2.73. The van der Waals surface area contributed by atoms with Gasteiger partial charge in [-0.05, 0) is 41.6 Å². The molecule has 1 N–H and O–H groups in total. The Morgan fingerprint density at radius 2 is 1.75 bits per heavy atom. The highest BCUT2D eigenvalue weighted by atomic mass is 16.3. The second kappa shape index (κ2) is 8.43. The predicted molar refractivity (Wildman–Crippen MR) is 96.8 cm³/mol. The average molecular weight is 328 g/mol. The van der Waals surface area contributed by atoms with E-state index < -0.39 is 0 Å².